The second-order valence-electron chi connectivity index (χ2n) is 3.92. The minimum absolute atomic E-state index is 0.294. The van der Waals surface area contributed by atoms with Gasteiger partial charge in [-0.25, -0.2) is 0 Å². The van der Waals surface area contributed by atoms with Gasteiger partial charge in [-0.2, -0.15) is 5.10 Å². The van der Waals surface area contributed by atoms with Crippen LogP contribution in [0, 0.1) is 0 Å². The minimum atomic E-state index is 0.294. The molecule has 0 N–H and O–H groups in total. The number of hydrogen-bond acceptors (Lipinski definition) is 2. The normalized spacial score (nSPS) is 15.7. The molecule has 0 atom stereocenters. The van der Waals surface area contributed by atoms with E-state index in [1.165, 1.54) is 0 Å². The standard InChI is InChI=1S/C11H16N2O/c1-3-5-9-11-8(12-13(9)2)6-4-7-10(11)14/h3-7H2,1-2H3. The van der Waals surface area contributed by atoms with Gasteiger partial charge in [-0.15, -0.1) is 0 Å². The number of nitrogens with zero attached hydrogens (tertiary/aromatic N) is 2. The van der Waals surface area contributed by atoms with Crippen LogP contribution in [0.15, 0.2) is 0 Å². The molecule has 1 aliphatic carbocycles. The van der Waals surface area contributed by atoms with Gasteiger partial charge < -0.3 is 0 Å². The highest BCUT2D eigenvalue weighted by atomic mass is 16.1. The summed E-state index contributed by atoms with van der Waals surface area (Å²) in [6.45, 7) is 2.13. The largest absolute Gasteiger partial charge is 0.294 e. The number of aromatic nitrogens is 2. The van der Waals surface area contributed by atoms with Gasteiger partial charge in [0.15, 0.2) is 5.78 Å². The van der Waals surface area contributed by atoms with E-state index in [1.807, 2.05) is 11.7 Å². The second-order valence-corrected chi connectivity index (χ2v) is 3.92. The van der Waals surface area contributed by atoms with Crippen molar-refractivity contribution in [3.63, 3.8) is 0 Å². The van der Waals surface area contributed by atoms with E-state index in [-0.39, 0.29) is 0 Å². The summed E-state index contributed by atoms with van der Waals surface area (Å²) in [6, 6.07) is 0. The van der Waals surface area contributed by atoms with E-state index in [0.717, 1.165) is 42.6 Å². The number of fused-ring (bicyclic) bond motifs is 1. The molecule has 2 rings (SSSR count). The molecule has 14 heavy (non-hydrogen) atoms. The molecule has 3 nitrogen and oxygen atoms in total. The summed E-state index contributed by atoms with van der Waals surface area (Å²) in [6.07, 6.45) is 4.67. The zero-order valence-corrected chi connectivity index (χ0v) is 8.84. The maximum Gasteiger partial charge on any atom is 0.166 e. The summed E-state index contributed by atoms with van der Waals surface area (Å²) in [5.74, 6) is 0.294. The van der Waals surface area contributed by atoms with Crippen LogP contribution in [0.4, 0.5) is 0 Å². The average molecular weight is 192 g/mol. The zero-order chi connectivity index (χ0) is 10.1. The van der Waals surface area contributed by atoms with Gasteiger partial charge in [-0.1, -0.05) is 13.3 Å². The summed E-state index contributed by atoms with van der Waals surface area (Å²) in [5, 5.41) is 4.42. The van der Waals surface area contributed by atoms with Crippen molar-refractivity contribution < 1.29 is 4.79 Å². The van der Waals surface area contributed by atoms with Gasteiger partial charge in [0.1, 0.15) is 0 Å². The Morgan fingerprint density at radius 3 is 2.93 bits per heavy atom. The number of carbonyl (C=O) groups is 1. The Morgan fingerprint density at radius 1 is 1.43 bits per heavy atom. The molecule has 1 heterocycles. The van der Waals surface area contributed by atoms with Gasteiger partial charge in [0, 0.05) is 19.2 Å². The number of rotatable bonds is 2. The van der Waals surface area contributed by atoms with Crippen LogP contribution >= 0.6 is 0 Å². The predicted octanol–water partition coefficient (Wildman–Crippen LogP) is 1.89. The summed E-state index contributed by atoms with van der Waals surface area (Å²) >= 11 is 0. The third-order valence-corrected chi connectivity index (χ3v) is 2.82. The van der Waals surface area contributed by atoms with Crippen LogP contribution < -0.4 is 0 Å². The first-order valence-corrected chi connectivity index (χ1v) is 5.32. The molecule has 0 fully saturated rings. The van der Waals surface area contributed by atoms with Crippen molar-refractivity contribution in [2.24, 2.45) is 7.05 Å². The highest BCUT2D eigenvalue weighted by Gasteiger charge is 2.24. The lowest BCUT2D eigenvalue weighted by Gasteiger charge is -2.09. The molecule has 1 aromatic heterocycles. The van der Waals surface area contributed by atoms with Crippen LogP contribution in [-0.2, 0) is 19.9 Å². The molecule has 0 saturated carbocycles. The smallest absolute Gasteiger partial charge is 0.166 e. The van der Waals surface area contributed by atoms with Gasteiger partial charge in [-0.05, 0) is 19.3 Å². The first-order chi connectivity index (χ1) is 6.74. The van der Waals surface area contributed by atoms with E-state index in [1.54, 1.807) is 0 Å². The van der Waals surface area contributed by atoms with E-state index >= 15 is 0 Å². The quantitative estimate of drug-likeness (QED) is 0.717. The summed E-state index contributed by atoms with van der Waals surface area (Å²) in [7, 11) is 1.94. The molecule has 3 heteroatoms. The fourth-order valence-electron chi connectivity index (χ4n) is 2.18. The molecule has 0 spiro atoms. The van der Waals surface area contributed by atoms with Crippen LogP contribution in [0.2, 0.25) is 0 Å². The van der Waals surface area contributed by atoms with Gasteiger partial charge in [0.25, 0.3) is 0 Å². The molecule has 1 aliphatic rings. The van der Waals surface area contributed by atoms with Crippen molar-refractivity contribution in [3.05, 3.63) is 17.0 Å². The fourth-order valence-corrected chi connectivity index (χ4v) is 2.18. The monoisotopic (exact) mass is 192 g/mol. The molecule has 0 unspecified atom stereocenters. The van der Waals surface area contributed by atoms with Crippen molar-refractivity contribution >= 4 is 5.78 Å². The molecule has 0 saturated heterocycles. The first kappa shape index (κ1) is 9.44. The maximum absolute atomic E-state index is 11.7. The molecule has 0 aromatic carbocycles. The van der Waals surface area contributed by atoms with Crippen molar-refractivity contribution in [1.82, 2.24) is 9.78 Å². The highest BCUT2D eigenvalue weighted by molar-refractivity contribution is 5.99. The Kier molecular flexibility index (Phi) is 2.40. The zero-order valence-electron chi connectivity index (χ0n) is 8.84. The molecule has 0 amide bonds. The lowest BCUT2D eigenvalue weighted by Crippen LogP contribution is -2.11. The van der Waals surface area contributed by atoms with Crippen molar-refractivity contribution in [2.75, 3.05) is 0 Å². The lowest BCUT2D eigenvalue weighted by atomic mass is 9.93. The Morgan fingerprint density at radius 2 is 2.21 bits per heavy atom. The lowest BCUT2D eigenvalue weighted by molar-refractivity contribution is 0.0971. The van der Waals surface area contributed by atoms with E-state index < -0.39 is 0 Å². The van der Waals surface area contributed by atoms with Crippen LogP contribution in [-0.4, -0.2) is 15.6 Å². The Labute approximate surface area is 84.1 Å². The fraction of sp³-hybridized carbons (Fsp3) is 0.636. The van der Waals surface area contributed by atoms with Crippen LogP contribution in [0.1, 0.15) is 47.9 Å². The van der Waals surface area contributed by atoms with E-state index in [0.29, 0.717) is 12.2 Å². The number of carbonyl (C=O) groups excluding carboxylic acids is 1. The third kappa shape index (κ3) is 1.37. The third-order valence-electron chi connectivity index (χ3n) is 2.82. The van der Waals surface area contributed by atoms with Crippen LogP contribution in [0.3, 0.4) is 0 Å². The Hall–Kier alpha value is -1.12. The summed E-state index contributed by atoms with van der Waals surface area (Å²) < 4.78 is 1.89. The van der Waals surface area contributed by atoms with Crippen molar-refractivity contribution in [3.8, 4) is 0 Å². The van der Waals surface area contributed by atoms with Gasteiger partial charge in [-0.3, -0.25) is 9.48 Å². The number of ketones is 1. The summed E-state index contributed by atoms with van der Waals surface area (Å²) in [5.41, 5.74) is 3.08. The van der Waals surface area contributed by atoms with Gasteiger partial charge >= 0.3 is 0 Å². The molecule has 0 bridgehead atoms. The number of Topliss-reactive ketones (excluding diaryl/α,β-unsaturated/α-hetero) is 1. The minimum Gasteiger partial charge on any atom is -0.294 e. The van der Waals surface area contributed by atoms with E-state index in [9.17, 15) is 4.79 Å². The van der Waals surface area contributed by atoms with Crippen molar-refractivity contribution in [2.45, 2.75) is 39.0 Å². The molecule has 1 aromatic rings. The van der Waals surface area contributed by atoms with Crippen molar-refractivity contribution in [1.29, 1.82) is 0 Å². The maximum atomic E-state index is 11.7. The van der Waals surface area contributed by atoms with Gasteiger partial charge in [0.2, 0.25) is 0 Å². The molecule has 0 aliphatic heterocycles. The topological polar surface area (TPSA) is 34.9 Å². The first-order valence-electron chi connectivity index (χ1n) is 5.32. The second kappa shape index (κ2) is 3.56. The predicted molar refractivity (Wildman–Crippen MR) is 54.5 cm³/mol. The van der Waals surface area contributed by atoms with Crippen LogP contribution in [0.5, 0.6) is 0 Å². The SMILES string of the molecule is CCCc1c2c(nn1C)CCCC2=O. The summed E-state index contributed by atoms with van der Waals surface area (Å²) in [4.78, 5) is 11.7. The number of hydrogen-bond donors (Lipinski definition) is 0. The average Bonchev–Trinajstić information content (AvgIpc) is 2.45. The van der Waals surface area contributed by atoms with Crippen LogP contribution in [0.25, 0.3) is 0 Å². The Bertz CT molecular complexity index is 366. The van der Waals surface area contributed by atoms with E-state index in [4.69, 9.17) is 0 Å². The molecular formula is C11H16N2O. The van der Waals surface area contributed by atoms with E-state index in [2.05, 4.69) is 12.0 Å². The molecule has 0 radical (unpaired) electrons. The highest BCUT2D eigenvalue weighted by Crippen LogP contribution is 2.24. The Balaban J connectivity index is 2.48. The molecule has 76 valence electrons. The molecular weight excluding hydrogens is 176 g/mol. The van der Waals surface area contributed by atoms with Gasteiger partial charge in [0.05, 0.1) is 11.3 Å². The number of aryl methyl sites for hydroxylation is 2.